The smallest absolute Gasteiger partial charge is 0.332 e. The molecule has 0 atom stereocenters. The molecule has 1 aromatic carbocycles. The van der Waals surface area contributed by atoms with E-state index in [1.54, 1.807) is 0 Å². The Morgan fingerprint density at radius 3 is 2.67 bits per heavy atom. The summed E-state index contributed by atoms with van der Waals surface area (Å²) >= 11 is 3.17. The van der Waals surface area contributed by atoms with Gasteiger partial charge in [-0.2, -0.15) is 0 Å². The van der Waals surface area contributed by atoms with E-state index in [1.807, 2.05) is 25.1 Å². The minimum Gasteiger partial charge on any atom is -0.433 e. The van der Waals surface area contributed by atoms with E-state index in [1.165, 1.54) is 12.3 Å². The van der Waals surface area contributed by atoms with Gasteiger partial charge in [0.25, 0.3) is 5.88 Å². The van der Waals surface area contributed by atoms with Crippen LogP contribution in [0.15, 0.2) is 34.9 Å². The fraction of sp³-hybridized carbons (Fsp3) is 0.267. The van der Waals surface area contributed by atoms with Crippen LogP contribution in [0, 0.1) is 17.0 Å². The van der Waals surface area contributed by atoms with Crippen LogP contribution in [0.25, 0.3) is 0 Å². The van der Waals surface area contributed by atoms with Gasteiger partial charge in [0.15, 0.2) is 0 Å². The maximum absolute atomic E-state index is 11.1. The Labute approximate surface area is 131 Å². The van der Waals surface area contributed by atoms with Gasteiger partial charge in [0.1, 0.15) is 5.75 Å². The van der Waals surface area contributed by atoms with E-state index in [2.05, 4.69) is 34.8 Å². The average Bonchev–Trinajstić information content (AvgIpc) is 2.42. The molecule has 1 heterocycles. The van der Waals surface area contributed by atoms with Crippen LogP contribution >= 0.6 is 15.9 Å². The van der Waals surface area contributed by atoms with Gasteiger partial charge >= 0.3 is 5.69 Å². The molecule has 0 aliphatic rings. The first-order valence-electron chi connectivity index (χ1n) is 6.47. The van der Waals surface area contributed by atoms with Gasteiger partial charge in [0.2, 0.25) is 0 Å². The Morgan fingerprint density at radius 2 is 2.05 bits per heavy atom. The fourth-order valence-electron chi connectivity index (χ4n) is 1.82. The van der Waals surface area contributed by atoms with E-state index in [0.717, 1.165) is 11.1 Å². The van der Waals surface area contributed by atoms with Crippen molar-refractivity contribution in [1.29, 1.82) is 0 Å². The molecule has 0 fully saturated rings. The second kappa shape index (κ2) is 6.22. The van der Waals surface area contributed by atoms with Gasteiger partial charge in [-0.25, -0.2) is 4.98 Å². The van der Waals surface area contributed by atoms with E-state index in [4.69, 9.17) is 4.74 Å². The summed E-state index contributed by atoms with van der Waals surface area (Å²) in [6.45, 7) is 6.05. The predicted molar refractivity (Wildman–Crippen MR) is 83.9 cm³/mol. The zero-order valence-electron chi connectivity index (χ0n) is 12.0. The molecule has 2 rings (SSSR count). The van der Waals surface area contributed by atoms with Crippen LogP contribution < -0.4 is 4.74 Å². The second-order valence-electron chi connectivity index (χ2n) is 5.02. The molecular formula is C15H15BrN2O3. The number of aryl methyl sites for hydroxylation is 1. The molecule has 0 bridgehead atoms. The highest BCUT2D eigenvalue weighted by Crippen LogP contribution is 2.33. The maximum Gasteiger partial charge on any atom is 0.332 e. The third-order valence-electron chi connectivity index (χ3n) is 3.08. The molecule has 21 heavy (non-hydrogen) atoms. The molecule has 0 aliphatic heterocycles. The number of pyridine rings is 1. The highest BCUT2D eigenvalue weighted by atomic mass is 79.9. The summed E-state index contributed by atoms with van der Waals surface area (Å²) in [6, 6.07) is 7.24. The molecule has 0 spiro atoms. The molecule has 0 saturated heterocycles. The highest BCUT2D eigenvalue weighted by Gasteiger charge is 2.19. The third kappa shape index (κ3) is 3.58. The van der Waals surface area contributed by atoms with E-state index in [9.17, 15) is 10.1 Å². The first kappa shape index (κ1) is 15.4. The topological polar surface area (TPSA) is 65.3 Å². The minimum absolute atomic E-state index is 0.00722. The summed E-state index contributed by atoms with van der Waals surface area (Å²) in [7, 11) is 0. The first-order valence-corrected chi connectivity index (χ1v) is 7.26. The molecule has 0 unspecified atom stereocenters. The molecule has 110 valence electrons. The molecule has 2 aromatic rings. The molecule has 0 amide bonds. The molecule has 0 radical (unpaired) electrons. The molecule has 1 aromatic heterocycles. The van der Waals surface area contributed by atoms with Crippen molar-refractivity contribution in [1.82, 2.24) is 4.98 Å². The van der Waals surface area contributed by atoms with Crippen molar-refractivity contribution < 1.29 is 9.66 Å². The maximum atomic E-state index is 11.1. The van der Waals surface area contributed by atoms with Crippen LogP contribution in [-0.4, -0.2) is 9.91 Å². The van der Waals surface area contributed by atoms with Gasteiger partial charge in [-0.05, 0) is 46.0 Å². The normalized spacial score (nSPS) is 10.7. The monoisotopic (exact) mass is 350 g/mol. The predicted octanol–water partition coefficient (Wildman–Crippen LogP) is 4.98. The number of nitro groups is 1. The molecule has 5 nitrogen and oxygen atoms in total. The number of ether oxygens (including phenoxy) is 1. The fourth-order valence-corrected chi connectivity index (χ4v) is 2.13. The molecule has 6 heteroatoms. The average molecular weight is 351 g/mol. The summed E-state index contributed by atoms with van der Waals surface area (Å²) in [5.74, 6) is 0.923. The van der Waals surface area contributed by atoms with Gasteiger partial charge in [-0.15, -0.1) is 0 Å². The van der Waals surface area contributed by atoms with Gasteiger partial charge in [0, 0.05) is 16.7 Å². The van der Waals surface area contributed by atoms with Crippen LogP contribution in [0.5, 0.6) is 11.6 Å². The van der Waals surface area contributed by atoms with E-state index < -0.39 is 4.92 Å². The Bertz CT molecular complexity index is 687. The van der Waals surface area contributed by atoms with E-state index >= 15 is 0 Å². The summed E-state index contributed by atoms with van der Waals surface area (Å²) in [4.78, 5) is 14.6. The van der Waals surface area contributed by atoms with Crippen LogP contribution in [0.1, 0.15) is 30.9 Å². The van der Waals surface area contributed by atoms with Crippen LogP contribution in [0.3, 0.4) is 0 Å². The summed E-state index contributed by atoms with van der Waals surface area (Å²) < 4.78 is 6.21. The second-order valence-corrected chi connectivity index (χ2v) is 5.93. The zero-order chi connectivity index (χ0) is 15.6. The number of rotatable bonds is 4. The number of aromatic nitrogens is 1. The largest absolute Gasteiger partial charge is 0.433 e. The summed E-state index contributed by atoms with van der Waals surface area (Å²) in [6.07, 6.45) is 1.48. The summed E-state index contributed by atoms with van der Waals surface area (Å²) in [5.41, 5.74) is 1.84. The first-order chi connectivity index (χ1) is 9.88. The number of hydrogen-bond donors (Lipinski definition) is 0. The van der Waals surface area contributed by atoms with Crippen molar-refractivity contribution in [2.45, 2.75) is 26.7 Å². The van der Waals surface area contributed by atoms with Gasteiger partial charge in [-0.3, -0.25) is 10.1 Å². The molecular weight excluding hydrogens is 336 g/mol. The van der Waals surface area contributed by atoms with Crippen molar-refractivity contribution in [3.8, 4) is 11.6 Å². The number of hydrogen-bond acceptors (Lipinski definition) is 4. The minimum atomic E-state index is -0.505. The van der Waals surface area contributed by atoms with Gasteiger partial charge < -0.3 is 4.74 Å². The van der Waals surface area contributed by atoms with Crippen molar-refractivity contribution in [3.05, 3.63) is 56.2 Å². The Balaban J connectivity index is 2.43. The molecule has 0 N–H and O–H groups in total. The summed E-state index contributed by atoms with van der Waals surface area (Å²) in [5, 5.41) is 11.1. The lowest BCUT2D eigenvalue weighted by molar-refractivity contribution is -0.386. The van der Waals surface area contributed by atoms with Gasteiger partial charge in [0.05, 0.1) is 4.92 Å². The number of halogens is 1. The van der Waals surface area contributed by atoms with Crippen molar-refractivity contribution in [2.24, 2.45) is 0 Å². The van der Waals surface area contributed by atoms with Crippen molar-refractivity contribution >= 4 is 21.6 Å². The third-order valence-corrected chi connectivity index (χ3v) is 3.51. The lowest BCUT2D eigenvalue weighted by Gasteiger charge is -2.12. The van der Waals surface area contributed by atoms with Crippen molar-refractivity contribution in [3.63, 3.8) is 0 Å². The number of benzene rings is 1. The quantitative estimate of drug-likeness (QED) is 0.576. The SMILES string of the molecule is Cc1ccc(C(C)C)cc1Oc1ncc(Br)cc1[N+](=O)[O-]. The van der Waals surface area contributed by atoms with E-state index in [-0.39, 0.29) is 11.6 Å². The standard InChI is InChI=1S/C15H15BrN2O3/c1-9(2)11-5-4-10(3)14(6-11)21-15-13(18(19)20)7-12(16)8-17-15/h4-9H,1-3H3. The van der Waals surface area contributed by atoms with E-state index in [0.29, 0.717) is 16.1 Å². The lowest BCUT2D eigenvalue weighted by Crippen LogP contribution is -1.98. The van der Waals surface area contributed by atoms with Crippen LogP contribution in [0.2, 0.25) is 0 Å². The van der Waals surface area contributed by atoms with Crippen molar-refractivity contribution in [2.75, 3.05) is 0 Å². The van der Waals surface area contributed by atoms with Crippen LogP contribution in [-0.2, 0) is 0 Å². The van der Waals surface area contributed by atoms with Gasteiger partial charge in [-0.1, -0.05) is 26.0 Å². The highest BCUT2D eigenvalue weighted by molar-refractivity contribution is 9.10. The Morgan fingerprint density at radius 1 is 1.33 bits per heavy atom. The number of nitrogens with zero attached hydrogens (tertiary/aromatic N) is 2. The Hall–Kier alpha value is -1.95. The lowest BCUT2D eigenvalue weighted by atomic mass is 10.0. The zero-order valence-corrected chi connectivity index (χ0v) is 13.5. The molecule has 0 saturated carbocycles. The van der Waals surface area contributed by atoms with Crippen LogP contribution in [0.4, 0.5) is 5.69 Å². The Kier molecular flexibility index (Phi) is 4.57. The molecule has 0 aliphatic carbocycles.